The van der Waals surface area contributed by atoms with Crippen LogP contribution in [0.2, 0.25) is 0 Å². The van der Waals surface area contributed by atoms with Crippen LogP contribution >= 0.6 is 0 Å². The van der Waals surface area contributed by atoms with Gasteiger partial charge in [0.25, 0.3) is 5.92 Å². The average Bonchev–Trinajstić information content (AvgIpc) is 3.53. The van der Waals surface area contributed by atoms with Crippen LogP contribution in [-0.2, 0) is 24.4 Å². The molecule has 1 N–H and O–H groups in total. The van der Waals surface area contributed by atoms with Crippen molar-refractivity contribution in [1.29, 1.82) is 0 Å². The SMILES string of the molecule is CC(=O)N1CC(F)(F)CC1Cn1c(Cc2cc(F)c(-c3cccc(OCc4ccc(C)cc4F)n3)cc2F)nc2ccc(C(=O)O)cc21. The zero-order valence-corrected chi connectivity index (χ0v) is 25.8. The third-order valence-electron chi connectivity index (χ3n) is 8.32. The summed E-state index contributed by atoms with van der Waals surface area (Å²) in [5.41, 5.74) is 1.38. The number of rotatable bonds is 9. The normalized spacial score (nSPS) is 15.6. The van der Waals surface area contributed by atoms with Crippen molar-refractivity contribution >= 4 is 22.9 Å². The predicted octanol–water partition coefficient (Wildman–Crippen LogP) is 6.95. The Hall–Kier alpha value is -5.33. The summed E-state index contributed by atoms with van der Waals surface area (Å²) in [4.78, 5) is 33.7. The number of nitrogens with zero attached hydrogens (tertiary/aromatic N) is 4. The number of pyridine rings is 1. The number of carboxylic acid groups (broad SMARTS) is 1. The van der Waals surface area contributed by atoms with Crippen molar-refractivity contribution in [2.24, 2.45) is 0 Å². The van der Waals surface area contributed by atoms with Gasteiger partial charge in [0.2, 0.25) is 11.8 Å². The van der Waals surface area contributed by atoms with Gasteiger partial charge in [0.05, 0.1) is 34.9 Å². The van der Waals surface area contributed by atoms with Crippen molar-refractivity contribution < 1.29 is 41.4 Å². The van der Waals surface area contributed by atoms with Gasteiger partial charge in [-0.05, 0) is 60.5 Å². The van der Waals surface area contributed by atoms with E-state index in [1.807, 2.05) is 0 Å². The molecule has 13 heteroatoms. The molecule has 0 bridgehead atoms. The van der Waals surface area contributed by atoms with Gasteiger partial charge >= 0.3 is 5.97 Å². The smallest absolute Gasteiger partial charge is 0.335 e. The van der Waals surface area contributed by atoms with Crippen molar-refractivity contribution in [2.45, 2.75) is 51.8 Å². The van der Waals surface area contributed by atoms with Crippen LogP contribution in [0.5, 0.6) is 5.88 Å². The minimum Gasteiger partial charge on any atom is -0.478 e. The molecule has 0 spiro atoms. The number of benzene rings is 3. The number of hydrogen-bond acceptors (Lipinski definition) is 5. The second kappa shape index (κ2) is 12.7. The second-order valence-electron chi connectivity index (χ2n) is 11.9. The number of aryl methyl sites for hydroxylation is 1. The third kappa shape index (κ3) is 6.71. The Morgan fingerprint density at radius 2 is 1.73 bits per heavy atom. The van der Waals surface area contributed by atoms with Crippen LogP contribution in [0.15, 0.2) is 66.7 Å². The summed E-state index contributed by atoms with van der Waals surface area (Å²) in [7, 11) is 0. The fraction of sp³-hybridized carbons (Fsp3) is 0.257. The van der Waals surface area contributed by atoms with E-state index in [1.54, 1.807) is 25.1 Å². The molecule has 3 aromatic carbocycles. The van der Waals surface area contributed by atoms with Crippen molar-refractivity contribution in [3.8, 4) is 17.1 Å². The lowest BCUT2D eigenvalue weighted by Gasteiger charge is -2.24. The summed E-state index contributed by atoms with van der Waals surface area (Å²) in [5, 5.41) is 9.55. The van der Waals surface area contributed by atoms with Gasteiger partial charge in [-0.2, -0.15) is 0 Å². The molecular formula is C35H29F5N4O4. The highest BCUT2D eigenvalue weighted by Gasteiger charge is 2.46. The minimum atomic E-state index is -3.13. The van der Waals surface area contributed by atoms with Gasteiger partial charge in [0, 0.05) is 43.5 Å². The van der Waals surface area contributed by atoms with Crippen LogP contribution < -0.4 is 4.74 Å². The first-order valence-electron chi connectivity index (χ1n) is 15.0. The summed E-state index contributed by atoms with van der Waals surface area (Å²) in [5.74, 6) is -6.72. The zero-order valence-electron chi connectivity index (χ0n) is 25.8. The molecule has 1 aliphatic rings. The van der Waals surface area contributed by atoms with Crippen molar-refractivity contribution in [3.05, 3.63) is 112 Å². The molecule has 1 aliphatic heterocycles. The highest BCUT2D eigenvalue weighted by molar-refractivity contribution is 5.92. The number of carbonyl (C=O) groups excluding carboxylic acids is 1. The van der Waals surface area contributed by atoms with Gasteiger partial charge in [0.1, 0.15) is 29.9 Å². The summed E-state index contributed by atoms with van der Waals surface area (Å²) in [6.45, 7) is 1.88. The Bertz CT molecular complexity index is 2060. The number of alkyl halides is 2. The Morgan fingerprint density at radius 3 is 2.46 bits per heavy atom. The van der Waals surface area contributed by atoms with Crippen LogP contribution in [0.3, 0.4) is 0 Å². The van der Waals surface area contributed by atoms with Crippen LogP contribution in [0.4, 0.5) is 22.0 Å². The van der Waals surface area contributed by atoms with E-state index in [4.69, 9.17) is 4.74 Å². The quantitative estimate of drug-likeness (QED) is 0.172. The van der Waals surface area contributed by atoms with Gasteiger partial charge in [-0.1, -0.05) is 18.2 Å². The number of imidazole rings is 1. The number of fused-ring (bicyclic) bond motifs is 1. The highest BCUT2D eigenvalue weighted by Crippen LogP contribution is 2.34. The van der Waals surface area contributed by atoms with E-state index < -0.39 is 54.3 Å². The van der Waals surface area contributed by atoms with Gasteiger partial charge in [-0.15, -0.1) is 0 Å². The molecule has 5 aromatic rings. The standard InChI is InChI=1S/C35H29F5N4O4/c1-19-6-7-22(26(36)10-19)17-48-33-5-3-4-29(42-33)25-14-27(37)23(11-28(25)38)13-32-41-30-9-8-21(34(46)47)12-31(30)43(32)16-24-15-35(39,40)18-44(24)20(2)45/h3-12,14,24H,13,15-18H2,1-2H3,(H,46,47). The summed E-state index contributed by atoms with van der Waals surface area (Å²) in [6.07, 6.45) is -0.903. The van der Waals surface area contributed by atoms with Crippen LogP contribution in [0.25, 0.3) is 22.3 Å². The Labute approximate surface area is 271 Å². The number of aromatic carboxylic acids is 1. The monoisotopic (exact) mass is 664 g/mol. The third-order valence-corrected chi connectivity index (χ3v) is 8.32. The first kappa shape index (κ1) is 32.6. The van der Waals surface area contributed by atoms with E-state index in [2.05, 4.69) is 9.97 Å². The maximum absolute atomic E-state index is 15.6. The molecular weight excluding hydrogens is 635 g/mol. The molecule has 2 aromatic heterocycles. The van der Waals surface area contributed by atoms with Crippen LogP contribution in [-0.4, -0.2) is 54.9 Å². The topological polar surface area (TPSA) is 97.5 Å². The summed E-state index contributed by atoms with van der Waals surface area (Å²) >= 11 is 0. The first-order chi connectivity index (χ1) is 22.8. The second-order valence-corrected chi connectivity index (χ2v) is 11.9. The lowest BCUT2D eigenvalue weighted by atomic mass is 10.0. The maximum atomic E-state index is 15.6. The van der Waals surface area contributed by atoms with Crippen molar-refractivity contribution in [1.82, 2.24) is 19.4 Å². The average molecular weight is 665 g/mol. The molecule has 1 saturated heterocycles. The molecule has 0 radical (unpaired) electrons. The number of carboxylic acids is 1. The van der Waals surface area contributed by atoms with Crippen molar-refractivity contribution in [2.75, 3.05) is 6.54 Å². The molecule has 48 heavy (non-hydrogen) atoms. The fourth-order valence-corrected chi connectivity index (χ4v) is 5.94. The number of halogens is 5. The number of ether oxygens (including phenoxy) is 1. The van der Waals surface area contributed by atoms with E-state index in [0.29, 0.717) is 11.1 Å². The highest BCUT2D eigenvalue weighted by atomic mass is 19.3. The molecule has 1 atom stereocenters. The molecule has 1 unspecified atom stereocenters. The minimum absolute atomic E-state index is 0.0692. The molecule has 1 fully saturated rings. The molecule has 248 valence electrons. The molecule has 0 aliphatic carbocycles. The molecule has 3 heterocycles. The number of likely N-dealkylation sites (tertiary alicyclic amines) is 1. The lowest BCUT2D eigenvalue weighted by molar-refractivity contribution is -0.131. The Morgan fingerprint density at radius 1 is 0.958 bits per heavy atom. The number of aromatic nitrogens is 3. The van der Waals surface area contributed by atoms with Crippen LogP contribution in [0.1, 0.15) is 46.2 Å². The largest absolute Gasteiger partial charge is 0.478 e. The van der Waals surface area contributed by atoms with Crippen molar-refractivity contribution in [3.63, 3.8) is 0 Å². The van der Waals surface area contributed by atoms with E-state index in [9.17, 15) is 27.9 Å². The summed E-state index contributed by atoms with van der Waals surface area (Å²) in [6, 6.07) is 14.3. The number of hydrogen-bond donors (Lipinski definition) is 1. The van der Waals surface area contributed by atoms with Gasteiger partial charge in [-0.25, -0.2) is 36.7 Å². The lowest BCUT2D eigenvalue weighted by Crippen LogP contribution is -2.37. The van der Waals surface area contributed by atoms with E-state index in [0.717, 1.165) is 22.6 Å². The number of amides is 1. The predicted molar refractivity (Wildman–Crippen MR) is 165 cm³/mol. The zero-order chi connectivity index (χ0) is 34.3. The van der Waals surface area contributed by atoms with Gasteiger partial charge < -0.3 is 19.3 Å². The first-order valence-corrected chi connectivity index (χ1v) is 15.0. The van der Waals surface area contributed by atoms with E-state index in [-0.39, 0.29) is 59.2 Å². The Kier molecular flexibility index (Phi) is 8.63. The maximum Gasteiger partial charge on any atom is 0.335 e. The Balaban J connectivity index is 1.30. The summed E-state index contributed by atoms with van der Waals surface area (Å²) < 4.78 is 81.4. The van der Waals surface area contributed by atoms with E-state index in [1.165, 1.54) is 47.9 Å². The van der Waals surface area contributed by atoms with Gasteiger partial charge in [0.15, 0.2) is 0 Å². The number of carbonyl (C=O) groups is 2. The van der Waals surface area contributed by atoms with E-state index >= 15 is 8.78 Å². The fourth-order valence-electron chi connectivity index (χ4n) is 5.94. The van der Waals surface area contributed by atoms with Crippen LogP contribution in [0, 0.1) is 24.4 Å². The molecule has 8 nitrogen and oxygen atoms in total. The molecule has 6 rings (SSSR count). The molecule has 1 amide bonds. The molecule has 0 saturated carbocycles. The van der Waals surface area contributed by atoms with Gasteiger partial charge in [-0.3, -0.25) is 4.79 Å².